The van der Waals surface area contributed by atoms with Gasteiger partial charge in [-0.2, -0.15) is 0 Å². The predicted octanol–water partition coefficient (Wildman–Crippen LogP) is 1.08. The normalized spacial score (nSPS) is 18.2. The molecule has 120 valence electrons. The number of carbonyl (C=O) groups is 2. The van der Waals surface area contributed by atoms with Crippen LogP contribution < -0.4 is 0 Å². The Morgan fingerprint density at radius 3 is 2.91 bits per heavy atom. The summed E-state index contributed by atoms with van der Waals surface area (Å²) in [6.07, 6.45) is 0.170. The molecule has 1 aromatic rings. The number of carbonyl (C=O) groups excluding carboxylic acids is 1. The van der Waals surface area contributed by atoms with E-state index in [4.69, 9.17) is 14.6 Å². The molecule has 2 rings (SSSR count). The van der Waals surface area contributed by atoms with Crippen LogP contribution in [0.5, 0.6) is 0 Å². The van der Waals surface area contributed by atoms with Gasteiger partial charge in [0.2, 0.25) is 5.91 Å². The molecule has 1 heterocycles. The number of methoxy groups -OCH3 is 1. The molecular weight excluding hydrogens is 286 g/mol. The molecule has 1 N–H and O–H groups in total. The molecule has 22 heavy (non-hydrogen) atoms. The average Bonchev–Trinajstić information content (AvgIpc) is 2.48. The Kier molecular flexibility index (Phi) is 5.91. The summed E-state index contributed by atoms with van der Waals surface area (Å²) in [5, 5.41) is 8.94. The van der Waals surface area contributed by atoms with E-state index in [1.807, 2.05) is 24.3 Å². The van der Waals surface area contributed by atoms with Crippen LogP contribution in [0.3, 0.4) is 0 Å². The highest BCUT2D eigenvalue weighted by Crippen LogP contribution is 2.14. The highest BCUT2D eigenvalue weighted by molar-refractivity contribution is 5.80. The van der Waals surface area contributed by atoms with Crippen molar-refractivity contribution in [3.8, 4) is 0 Å². The minimum absolute atomic E-state index is 0.0656. The highest BCUT2D eigenvalue weighted by atomic mass is 16.5. The Hall–Kier alpha value is -1.92. The number of carboxylic acid groups (broad SMARTS) is 1. The molecule has 0 aromatic heterocycles. The van der Waals surface area contributed by atoms with E-state index in [0.29, 0.717) is 19.8 Å². The summed E-state index contributed by atoms with van der Waals surface area (Å²) in [5.74, 6) is -0.987. The number of hydrogen-bond donors (Lipinski definition) is 1. The first kappa shape index (κ1) is 16.5. The Labute approximate surface area is 129 Å². The highest BCUT2D eigenvalue weighted by Gasteiger charge is 2.28. The minimum atomic E-state index is -0.921. The minimum Gasteiger partial charge on any atom is -0.481 e. The lowest BCUT2D eigenvalue weighted by Crippen LogP contribution is -2.50. The van der Waals surface area contributed by atoms with Crippen molar-refractivity contribution in [2.45, 2.75) is 25.5 Å². The van der Waals surface area contributed by atoms with Gasteiger partial charge in [0.1, 0.15) is 0 Å². The number of ether oxygens (including phenoxy) is 2. The Balaban J connectivity index is 2.03. The topological polar surface area (TPSA) is 76.1 Å². The first-order valence-electron chi connectivity index (χ1n) is 7.26. The van der Waals surface area contributed by atoms with Crippen molar-refractivity contribution in [2.24, 2.45) is 0 Å². The summed E-state index contributed by atoms with van der Waals surface area (Å²) < 4.78 is 10.4. The van der Waals surface area contributed by atoms with Crippen molar-refractivity contribution < 1.29 is 24.2 Å². The van der Waals surface area contributed by atoms with Crippen LogP contribution in [0.15, 0.2) is 24.3 Å². The maximum atomic E-state index is 12.5. The van der Waals surface area contributed by atoms with Gasteiger partial charge in [0, 0.05) is 13.7 Å². The third-order valence-corrected chi connectivity index (χ3v) is 3.62. The molecule has 1 unspecified atom stereocenters. The van der Waals surface area contributed by atoms with Gasteiger partial charge in [-0.05, 0) is 11.1 Å². The molecule has 1 aliphatic heterocycles. The van der Waals surface area contributed by atoms with Gasteiger partial charge >= 0.3 is 5.97 Å². The molecule has 1 saturated heterocycles. The van der Waals surface area contributed by atoms with Crippen LogP contribution in [0, 0.1) is 0 Å². The zero-order chi connectivity index (χ0) is 15.9. The van der Waals surface area contributed by atoms with E-state index >= 15 is 0 Å². The van der Waals surface area contributed by atoms with E-state index in [1.54, 1.807) is 12.0 Å². The number of benzene rings is 1. The van der Waals surface area contributed by atoms with Gasteiger partial charge in [0.15, 0.2) is 0 Å². The molecule has 0 radical (unpaired) electrons. The van der Waals surface area contributed by atoms with Crippen LogP contribution in [0.2, 0.25) is 0 Å². The molecule has 1 fully saturated rings. The molecule has 1 aliphatic rings. The molecule has 6 heteroatoms. The SMILES string of the molecule is COCc1cccc(CC(=O)N2CCOCC2CC(=O)O)c1. The van der Waals surface area contributed by atoms with Crippen LogP contribution in [-0.2, 0) is 32.1 Å². The van der Waals surface area contributed by atoms with Gasteiger partial charge in [0.25, 0.3) is 0 Å². The zero-order valence-corrected chi connectivity index (χ0v) is 12.7. The molecule has 1 amide bonds. The van der Waals surface area contributed by atoms with E-state index < -0.39 is 5.97 Å². The Morgan fingerprint density at radius 2 is 2.18 bits per heavy atom. The van der Waals surface area contributed by atoms with E-state index in [0.717, 1.165) is 11.1 Å². The lowest BCUT2D eigenvalue weighted by molar-refractivity contribution is -0.145. The standard InChI is InChI=1S/C16H21NO5/c1-21-10-13-4-2-3-12(7-13)8-15(18)17-5-6-22-11-14(17)9-16(19)20/h2-4,7,14H,5-6,8-11H2,1H3,(H,19,20). The van der Waals surface area contributed by atoms with Crippen molar-refractivity contribution >= 4 is 11.9 Å². The lowest BCUT2D eigenvalue weighted by Gasteiger charge is -2.35. The van der Waals surface area contributed by atoms with Gasteiger partial charge in [-0.3, -0.25) is 9.59 Å². The van der Waals surface area contributed by atoms with Gasteiger partial charge in [-0.15, -0.1) is 0 Å². The summed E-state index contributed by atoms with van der Waals surface area (Å²) in [4.78, 5) is 25.0. The summed E-state index contributed by atoms with van der Waals surface area (Å²) in [5.41, 5.74) is 1.91. The number of hydrogen-bond acceptors (Lipinski definition) is 4. The smallest absolute Gasteiger partial charge is 0.305 e. The van der Waals surface area contributed by atoms with Crippen LogP contribution in [0.4, 0.5) is 0 Å². The molecule has 6 nitrogen and oxygen atoms in total. The second-order valence-corrected chi connectivity index (χ2v) is 5.34. The van der Waals surface area contributed by atoms with Crippen LogP contribution in [-0.4, -0.2) is 54.8 Å². The number of carboxylic acids is 1. The summed E-state index contributed by atoms with van der Waals surface area (Å²) >= 11 is 0. The molecule has 1 atom stereocenters. The van der Waals surface area contributed by atoms with Crippen LogP contribution in [0.25, 0.3) is 0 Å². The van der Waals surface area contributed by atoms with E-state index in [9.17, 15) is 9.59 Å². The predicted molar refractivity (Wildman–Crippen MR) is 79.4 cm³/mol. The Bertz CT molecular complexity index is 531. The first-order valence-corrected chi connectivity index (χ1v) is 7.26. The van der Waals surface area contributed by atoms with Gasteiger partial charge in [-0.25, -0.2) is 0 Å². The zero-order valence-electron chi connectivity index (χ0n) is 12.7. The third-order valence-electron chi connectivity index (χ3n) is 3.62. The first-order chi connectivity index (χ1) is 10.6. The number of amides is 1. The maximum absolute atomic E-state index is 12.5. The fourth-order valence-electron chi connectivity index (χ4n) is 2.63. The summed E-state index contributed by atoms with van der Waals surface area (Å²) in [6.45, 7) is 1.67. The Morgan fingerprint density at radius 1 is 1.41 bits per heavy atom. The van der Waals surface area contributed by atoms with Crippen LogP contribution in [0.1, 0.15) is 17.5 Å². The van der Waals surface area contributed by atoms with Crippen LogP contribution >= 0.6 is 0 Å². The van der Waals surface area contributed by atoms with Gasteiger partial charge in [-0.1, -0.05) is 24.3 Å². The van der Waals surface area contributed by atoms with Crippen molar-refractivity contribution in [3.05, 3.63) is 35.4 Å². The molecule has 0 spiro atoms. The second kappa shape index (κ2) is 7.91. The molecule has 0 aliphatic carbocycles. The lowest BCUT2D eigenvalue weighted by atomic mass is 10.1. The number of morpholine rings is 1. The van der Waals surface area contributed by atoms with E-state index in [-0.39, 0.29) is 31.4 Å². The third kappa shape index (κ3) is 4.54. The molecular formula is C16H21NO5. The van der Waals surface area contributed by atoms with Gasteiger partial charge < -0.3 is 19.5 Å². The number of nitrogens with zero attached hydrogens (tertiary/aromatic N) is 1. The van der Waals surface area contributed by atoms with E-state index in [2.05, 4.69) is 0 Å². The number of rotatable bonds is 6. The largest absolute Gasteiger partial charge is 0.481 e. The summed E-state index contributed by atoms with van der Waals surface area (Å²) in [6, 6.07) is 7.28. The maximum Gasteiger partial charge on any atom is 0.305 e. The summed E-state index contributed by atoms with van der Waals surface area (Å²) in [7, 11) is 1.63. The molecule has 0 saturated carbocycles. The average molecular weight is 307 g/mol. The molecule has 0 bridgehead atoms. The van der Waals surface area contributed by atoms with Gasteiger partial charge in [0.05, 0.1) is 38.7 Å². The monoisotopic (exact) mass is 307 g/mol. The quantitative estimate of drug-likeness (QED) is 0.851. The van der Waals surface area contributed by atoms with E-state index in [1.165, 1.54) is 0 Å². The number of aliphatic carboxylic acids is 1. The fraction of sp³-hybridized carbons (Fsp3) is 0.500. The van der Waals surface area contributed by atoms with Crippen molar-refractivity contribution in [1.82, 2.24) is 4.90 Å². The second-order valence-electron chi connectivity index (χ2n) is 5.34. The van der Waals surface area contributed by atoms with Crippen molar-refractivity contribution in [2.75, 3.05) is 26.9 Å². The van der Waals surface area contributed by atoms with Crippen molar-refractivity contribution in [3.63, 3.8) is 0 Å². The fourth-order valence-corrected chi connectivity index (χ4v) is 2.63. The van der Waals surface area contributed by atoms with Crippen molar-refractivity contribution in [1.29, 1.82) is 0 Å². The molecule has 1 aromatic carbocycles.